The summed E-state index contributed by atoms with van der Waals surface area (Å²) in [6.45, 7) is -0.250. The molecule has 0 aromatic heterocycles. The van der Waals surface area contributed by atoms with Gasteiger partial charge in [0.05, 0.1) is 5.75 Å². The molecule has 2 aromatic rings. The van der Waals surface area contributed by atoms with E-state index in [1.54, 1.807) is 0 Å². The molecule has 11 heteroatoms. The molecule has 0 fully saturated rings. The van der Waals surface area contributed by atoms with E-state index in [-0.39, 0.29) is 12.3 Å². The van der Waals surface area contributed by atoms with Crippen molar-refractivity contribution in [2.45, 2.75) is 17.2 Å². The summed E-state index contributed by atoms with van der Waals surface area (Å²) < 4.78 is 91.0. The van der Waals surface area contributed by atoms with Crippen molar-refractivity contribution < 1.29 is 30.0 Å². The smallest absolute Gasteiger partial charge is 0.218 e. The van der Waals surface area contributed by atoms with Crippen molar-refractivity contribution in [1.29, 1.82) is 0 Å². The van der Waals surface area contributed by atoms with E-state index in [0.717, 1.165) is 0 Å². The van der Waals surface area contributed by atoms with Gasteiger partial charge in [-0.1, -0.05) is 24.3 Å². The van der Waals surface area contributed by atoms with Crippen LogP contribution in [0.4, 0.5) is 13.2 Å². The lowest BCUT2D eigenvalue weighted by Crippen LogP contribution is -2.24. The Morgan fingerprint density at radius 3 is 2.00 bits per heavy atom. The van der Waals surface area contributed by atoms with Crippen LogP contribution in [0, 0.1) is 17.5 Å². The second-order valence-corrected chi connectivity index (χ2v) is 8.94. The highest BCUT2D eigenvalue weighted by molar-refractivity contribution is 7.89. The Balaban J connectivity index is 2.12. The first kappa shape index (κ1) is 20.4. The molecular formula is C15H15F3N2O4S2. The Labute approximate surface area is 149 Å². The number of rotatable bonds is 7. The molecule has 0 saturated carbocycles. The summed E-state index contributed by atoms with van der Waals surface area (Å²) in [6.07, 6.45) is 0. The van der Waals surface area contributed by atoms with Gasteiger partial charge in [-0.25, -0.2) is 39.5 Å². The van der Waals surface area contributed by atoms with Crippen LogP contribution in [0.2, 0.25) is 0 Å². The molecule has 0 aliphatic heterocycles. The third-order valence-corrected chi connectivity index (χ3v) is 6.20. The number of hydrogen-bond donors (Lipinski definition) is 2. The van der Waals surface area contributed by atoms with Gasteiger partial charge in [-0.15, -0.1) is 0 Å². The quantitative estimate of drug-likeness (QED) is 0.682. The molecule has 0 radical (unpaired) electrons. The third-order valence-electron chi connectivity index (χ3n) is 3.45. The van der Waals surface area contributed by atoms with Crippen LogP contribution < -0.4 is 9.44 Å². The Morgan fingerprint density at radius 2 is 1.42 bits per heavy atom. The molecule has 6 nitrogen and oxygen atoms in total. The molecule has 2 aromatic carbocycles. The van der Waals surface area contributed by atoms with Crippen LogP contribution >= 0.6 is 0 Å². The van der Waals surface area contributed by atoms with Crippen LogP contribution in [-0.2, 0) is 32.3 Å². The fourth-order valence-electron chi connectivity index (χ4n) is 2.02. The molecular weight excluding hydrogens is 393 g/mol. The Hall–Kier alpha value is -1.95. The van der Waals surface area contributed by atoms with E-state index in [1.807, 2.05) is 0 Å². The van der Waals surface area contributed by atoms with Crippen LogP contribution in [0.15, 0.2) is 41.3 Å². The van der Waals surface area contributed by atoms with Gasteiger partial charge in [-0.2, -0.15) is 0 Å². The highest BCUT2D eigenvalue weighted by atomic mass is 32.2. The standard InChI is InChI=1S/C15H15F3N2O4S2/c1-19-25(21,22)9-11-4-2-10(3-5-11)8-20-26(23,24)13-7-6-12(16)14(17)15(13)18/h2-7,19-20H,8-9H2,1H3. The van der Waals surface area contributed by atoms with Crippen molar-refractivity contribution in [1.82, 2.24) is 9.44 Å². The molecule has 0 aliphatic carbocycles. The molecule has 0 aliphatic rings. The van der Waals surface area contributed by atoms with E-state index >= 15 is 0 Å². The summed E-state index contributed by atoms with van der Waals surface area (Å²) in [5.41, 5.74) is 0.944. The van der Waals surface area contributed by atoms with Crippen molar-refractivity contribution in [3.8, 4) is 0 Å². The Morgan fingerprint density at radius 1 is 0.846 bits per heavy atom. The average Bonchev–Trinajstić information content (AvgIpc) is 2.59. The predicted molar refractivity (Wildman–Crippen MR) is 88.5 cm³/mol. The molecule has 26 heavy (non-hydrogen) atoms. The Kier molecular flexibility index (Phi) is 6.06. The van der Waals surface area contributed by atoms with Crippen LogP contribution in [0.3, 0.4) is 0 Å². The lowest BCUT2D eigenvalue weighted by atomic mass is 10.1. The van der Waals surface area contributed by atoms with E-state index in [9.17, 15) is 30.0 Å². The zero-order valence-electron chi connectivity index (χ0n) is 13.5. The SMILES string of the molecule is CNS(=O)(=O)Cc1ccc(CNS(=O)(=O)c2ccc(F)c(F)c2F)cc1. The van der Waals surface area contributed by atoms with Gasteiger partial charge in [0, 0.05) is 6.54 Å². The first-order valence-electron chi connectivity index (χ1n) is 7.18. The maximum absolute atomic E-state index is 13.6. The highest BCUT2D eigenvalue weighted by Crippen LogP contribution is 2.20. The molecule has 0 saturated heterocycles. The van der Waals surface area contributed by atoms with E-state index < -0.39 is 42.4 Å². The van der Waals surface area contributed by atoms with Crippen molar-refractivity contribution in [2.75, 3.05) is 7.05 Å². The van der Waals surface area contributed by atoms with E-state index in [2.05, 4.69) is 9.44 Å². The van der Waals surface area contributed by atoms with Crippen molar-refractivity contribution in [3.63, 3.8) is 0 Å². The normalized spacial score (nSPS) is 12.3. The molecule has 0 bridgehead atoms. The van der Waals surface area contributed by atoms with Crippen molar-refractivity contribution in [2.24, 2.45) is 0 Å². The molecule has 0 heterocycles. The highest BCUT2D eigenvalue weighted by Gasteiger charge is 2.23. The predicted octanol–water partition coefficient (Wildman–Crippen LogP) is 1.63. The van der Waals surface area contributed by atoms with Gasteiger partial charge in [-0.05, 0) is 30.3 Å². The largest absolute Gasteiger partial charge is 0.243 e. The second-order valence-electron chi connectivity index (χ2n) is 5.28. The summed E-state index contributed by atoms with van der Waals surface area (Å²) in [7, 11) is -6.56. The molecule has 0 amide bonds. The number of nitrogens with one attached hydrogen (secondary N) is 2. The van der Waals surface area contributed by atoms with E-state index in [1.165, 1.54) is 31.3 Å². The van der Waals surface area contributed by atoms with E-state index in [0.29, 0.717) is 23.3 Å². The fourth-order valence-corrected chi connectivity index (χ4v) is 3.88. The van der Waals surface area contributed by atoms with Gasteiger partial charge in [0.25, 0.3) is 0 Å². The van der Waals surface area contributed by atoms with Crippen molar-refractivity contribution in [3.05, 3.63) is 65.0 Å². The fraction of sp³-hybridized carbons (Fsp3) is 0.200. The average molecular weight is 408 g/mol. The minimum atomic E-state index is -4.41. The van der Waals surface area contributed by atoms with Crippen LogP contribution in [-0.4, -0.2) is 23.9 Å². The lowest BCUT2D eigenvalue weighted by molar-refractivity contribution is 0.431. The number of sulfonamides is 2. The lowest BCUT2D eigenvalue weighted by Gasteiger charge is -2.09. The first-order chi connectivity index (χ1) is 12.1. The molecule has 2 rings (SSSR count). The third kappa shape index (κ3) is 4.81. The molecule has 0 unspecified atom stereocenters. The van der Waals surface area contributed by atoms with Crippen molar-refractivity contribution >= 4 is 20.0 Å². The summed E-state index contributed by atoms with van der Waals surface area (Å²) in [6, 6.07) is 7.12. The molecule has 0 spiro atoms. The molecule has 2 N–H and O–H groups in total. The minimum Gasteiger partial charge on any atom is -0.218 e. The Bertz CT molecular complexity index is 1010. The summed E-state index contributed by atoms with van der Waals surface area (Å²) >= 11 is 0. The van der Waals surface area contributed by atoms with Gasteiger partial charge in [0.15, 0.2) is 17.5 Å². The minimum absolute atomic E-state index is 0.241. The van der Waals surface area contributed by atoms with Crippen LogP contribution in [0.25, 0.3) is 0 Å². The first-order valence-corrected chi connectivity index (χ1v) is 10.3. The van der Waals surface area contributed by atoms with E-state index in [4.69, 9.17) is 0 Å². The topological polar surface area (TPSA) is 92.3 Å². The van der Waals surface area contributed by atoms with Gasteiger partial charge in [-0.3, -0.25) is 0 Å². The van der Waals surface area contributed by atoms with Crippen LogP contribution in [0.1, 0.15) is 11.1 Å². The maximum Gasteiger partial charge on any atom is 0.243 e. The van der Waals surface area contributed by atoms with Gasteiger partial charge in [0.2, 0.25) is 20.0 Å². The van der Waals surface area contributed by atoms with Crippen LogP contribution in [0.5, 0.6) is 0 Å². The molecule has 142 valence electrons. The summed E-state index contributed by atoms with van der Waals surface area (Å²) in [4.78, 5) is -1.01. The zero-order chi connectivity index (χ0) is 19.5. The number of halogens is 3. The van der Waals surface area contributed by atoms with Gasteiger partial charge >= 0.3 is 0 Å². The number of hydrogen-bond acceptors (Lipinski definition) is 4. The summed E-state index contributed by atoms with van der Waals surface area (Å²) in [5, 5.41) is 0. The van der Waals surface area contributed by atoms with Gasteiger partial charge < -0.3 is 0 Å². The monoisotopic (exact) mass is 408 g/mol. The van der Waals surface area contributed by atoms with Gasteiger partial charge in [0.1, 0.15) is 4.90 Å². The number of benzene rings is 2. The second kappa shape index (κ2) is 7.74. The zero-order valence-corrected chi connectivity index (χ0v) is 15.1. The molecule has 0 atom stereocenters. The summed E-state index contributed by atoms with van der Waals surface area (Å²) in [5.74, 6) is -5.41. The maximum atomic E-state index is 13.6.